The van der Waals surface area contributed by atoms with E-state index >= 15 is 0 Å². The molecule has 1 amide bonds. The summed E-state index contributed by atoms with van der Waals surface area (Å²) in [5, 5.41) is 8.79. The Bertz CT molecular complexity index is 200. The molecule has 80 valence electrons. The van der Waals surface area contributed by atoms with E-state index in [4.69, 9.17) is 9.84 Å². The van der Waals surface area contributed by atoms with Gasteiger partial charge in [0.15, 0.2) is 0 Å². The summed E-state index contributed by atoms with van der Waals surface area (Å²) in [5.41, 5.74) is 0. The molecule has 0 aromatic carbocycles. The molecule has 0 radical (unpaired) electrons. The Balaban J connectivity index is 2.47. The number of nitrogens with zero attached hydrogens (tertiary/aromatic N) is 1. The second-order valence-corrected chi connectivity index (χ2v) is 3.30. The molecule has 14 heavy (non-hydrogen) atoms. The third-order valence-electron chi connectivity index (χ3n) is 2.24. The fourth-order valence-corrected chi connectivity index (χ4v) is 1.54. The van der Waals surface area contributed by atoms with E-state index in [1.54, 1.807) is 11.0 Å². The Morgan fingerprint density at radius 3 is 3.00 bits per heavy atom. The molecule has 1 N–H and O–H groups in total. The Morgan fingerprint density at radius 1 is 1.71 bits per heavy atom. The van der Waals surface area contributed by atoms with Crippen LogP contribution in [0.4, 0.5) is 0 Å². The summed E-state index contributed by atoms with van der Waals surface area (Å²) in [6.07, 6.45) is 3.08. The molecule has 0 unspecified atom stereocenters. The molecule has 0 aromatic heterocycles. The van der Waals surface area contributed by atoms with Crippen LogP contribution in [0.2, 0.25) is 0 Å². The minimum Gasteiger partial charge on any atom is -0.395 e. The lowest BCUT2D eigenvalue weighted by Gasteiger charge is -2.22. The van der Waals surface area contributed by atoms with Gasteiger partial charge in [-0.3, -0.25) is 4.79 Å². The first-order valence-corrected chi connectivity index (χ1v) is 4.91. The first-order valence-electron chi connectivity index (χ1n) is 4.91. The van der Waals surface area contributed by atoms with Gasteiger partial charge in [0.25, 0.3) is 5.91 Å². The molecule has 4 nitrogen and oxygen atoms in total. The number of hydrogen-bond donors (Lipinski definition) is 1. The van der Waals surface area contributed by atoms with Crippen LogP contribution in [0.15, 0.2) is 12.7 Å². The van der Waals surface area contributed by atoms with Crippen molar-refractivity contribution in [2.24, 2.45) is 0 Å². The highest BCUT2D eigenvalue weighted by Gasteiger charge is 2.27. The van der Waals surface area contributed by atoms with Crippen molar-refractivity contribution in [3.63, 3.8) is 0 Å². The number of rotatable bonds is 5. The molecular weight excluding hydrogens is 182 g/mol. The molecule has 1 fully saturated rings. The first kappa shape index (κ1) is 11.2. The molecule has 0 spiro atoms. The summed E-state index contributed by atoms with van der Waals surface area (Å²) >= 11 is 0. The van der Waals surface area contributed by atoms with Gasteiger partial charge in [-0.25, -0.2) is 0 Å². The molecular formula is C10H17NO3. The summed E-state index contributed by atoms with van der Waals surface area (Å²) in [5.74, 6) is -0.0311. The monoisotopic (exact) mass is 199 g/mol. The third-order valence-corrected chi connectivity index (χ3v) is 2.24. The molecule has 0 aliphatic carbocycles. The summed E-state index contributed by atoms with van der Waals surface area (Å²) in [6.45, 7) is 5.04. The summed E-state index contributed by atoms with van der Waals surface area (Å²) in [4.78, 5) is 13.3. The van der Waals surface area contributed by atoms with Gasteiger partial charge in [0.2, 0.25) is 0 Å². The maximum absolute atomic E-state index is 11.8. The number of ether oxygens (including phenoxy) is 1. The van der Waals surface area contributed by atoms with E-state index in [2.05, 4.69) is 6.58 Å². The molecule has 1 atom stereocenters. The van der Waals surface area contributed by atoms with Crippen LogP contribution >= 0.6 is 0 Å². The van der Waals surface area contributed by atoms with Gasteiger partial charge >= 0.3 is 0 Å². The van der Waals surface area contributed by atoms with Crippen molar-refractivity contribution in [1.82, 2.24) is 4.90 Å². The van der Waals surface area contributed by atoms with Gasteiger partial charge in [-0.1, -0.05) is 6.08 Å². The third kappa shape index (κ3) is 2.82. The van der Waals surface area contributed by atoms with Crippen molar-refractivity contribution in [3.8, 4) is 0 Å². The van der Waals surface area contributed by atoms with Crippen LogP contribution in [-0.2, 0) is 9.53 Å². The lowest BCUT2D eigenvalue weighted by Crippen LogP contribution is -2.40. The molecule has 1 rings (SSSR count). The minimum absolute atomic E-state index is 0.0215. The van der Waals surface area contributed by atoms with Crippen LogP contribution < -0.4 is 0 Å². The Morgan fingerprint density at radius 2 is 2.50 bits per heavy atom. The highest BCUT2D eigenvalue weighted by molar-refractivity contribution is 5.81. The van der Waals surface area contributed by atoms with Crippen molar-refractivity contribution in [3.05, 3.63) is 12.7 Å². The van der Waals surface area contributed by atoms with Gasteiger partial charge in [0, 0.05) is 19.7 Å². The zero-order valence-corrected chi connectivity index (χ0v) is 8.32. The number of amides is 1. The normalized spacial score (nSPS) is 20.8. The van der Waals surface area contributed by atoms with Crippen molar-refractivity contribution >= 4 is 5.91 Å². The van der Waals surface area contributed by atoms with Crippen LogP contribution in [0, 0.1) is 0 Å². The quantitative estimate of drug-likeness (QED) is 0.642. The minimum atomic E-state index is -0.304. The fraction of sp³-hybridized carbons (Fsp3) is 0.700. The maximum atomic E-state index is 11.8. The first-order chi connectivity index (χ1) is 6.79. The zero-order valence-electron chi connectivity index (χ0n) is 8.32. The molecule has 0 saturated carbocycles. The van der Waals surface area contributed by atoms with Crippen LogP contribution in [0.3, 0.4) is 0 Å². The van der Waals surface area contributed by atoms with Gasteiger partial charge in [-0.2, -0.15) is 0 Å². The van der Waals surface area contributed by atoms with Gasteiger partial charge in [-0.15, -0.1) is 6.58 Å². The standard InChI is InChI=1S/C10H17NO3/c1-2-5-11(6-7-12)10(13)9-4-3-8-14-9/h2,9,12H,1,3-8H2/t9-/m0/s1. The van der Waals surface area contributed by atoms with Crippen molar-refractivity contribution in [1.29, 1.82) is 0 Å². The number of carbonyl (C=O) groups excluding carboxylic acids is 1. The molecule has 1 aliphatic rings. The summed E-state index contributed by atoms with van der Waals surface area (Å²) in [7, 11) is 0. The number of aliphatic hydroxyl groups excluding tert-OH is 1. The van der Waals surface area contributed by atoms with Crippen molar-refractivity contribution < 1.29 is 14.6 Å². The van der Waals surface area contributed by atoms with E-state index in [0.29, 0.717) is 19.7 Å². The molecule has 1 aliphatic heterocycles. The largest absolute Gasteiger partial charge is 0.395 e. The molecule has 0 bridgehead atoms. The van der Waals surface area contributed by atoms with E-state index < -0.39 is 0 Å². The highest BCUT2D eigenvalue weighted by Crippen LogP contribution is 2.14. The SMILES string of the molecule is C=CCN(CCO)C(=O)[C@@H]1CCCO1. The molecule has 1 heterocycles. The number of aliphatic hydroxyl groups is 1. The Hall–Kier alpha value is -0.870. The van der Waals surface area contributed by atoms with Gasteiger partial charge in [0.1, 0.15) is 6.10 Å². The molecule has 4 heteroatoms. The van der Waals surface area contributed by atoms with Crippen LogP contribution in [-0.4, -0.2) is 48.3 Å². The van der Waals surface area contributed by atoms with E-state index in [9.17, 15) is 4.79 Å². The highest BCUT2D eigenvalue weighted by atomic mass is 16.5. The van der Waals surface area contributed by atoms with Crippen LogP contribution in [0.5, 0.6) is 0 Å². The van der Waals surface area contributed by atoms with Crippen molar-refractivity contribution in [2.45, 2.75) is 18.9 Å². The maximum Gasteiger partial charge on any atom is 0.252 e. The van der Waals surface area contributed by atoms with Crippen LogP contribution in [0.1, 0.15) is 12.8 Å². The predicted octanol–water partition coefficient (Wildman–Crippen LogP) is 0.172. The van der Waals surface area contributed by atoms with Gasteiger partial charge in [0.05, 0.1) is 6.61 Å². The molecule has 0 aromatic rings. The second kappa shape index (κ2) is 5.78. The summed E-state index contributed by atoms with van der Waals surface area (Å²) in [6, 6.07) is 0. The van der Waals surface area contributed by atoms with Crippen LogP contribution in [0.25, 0.3) is 0 Å². The van der Waals surface area contributed by atoms with Crippen molar-refractivity contribution in [2.75, 3.05) is 26.3 Å². The second-order valence-electron chi connectivity index (χ2n) is 3.30. The smallest absolute Gasteiger partial charge is 0.252 e. The van der Waals surface area contributed by atoms with Gasteiger partial charge < -0.3 is 14.7 Å². The fourth-order valence-electron chi connectivity index (χ4n) is 1.54. The topological polar surface area (TPSA) is 49.8 Å². The lowest BCUT2D eigenvalue weighted by atomic mass is 10.2. The Kier molecular flexibility index (Phi) is 4.62. The lowest BCUT2D eigenvalue weighted by molar-refractivity contribution is -0.140. The Labute approximate surface area is 84.2 Å². The average Bonchev–Trinajstić information content (AvgIpc) is 2.69. The van der Waals surface area contributed by atoms with E-state index in [0.717, 1.165) is 12.8 Å². The summed E-state index contributed by atoms with van der Waals surface area (Å²) < 4.78 is 5.28. The van der Waals surface area contributed by atoms with Gasteiger partial charge in [-0.05, 0) is 12.8 Å². The van der Waals surface area contributed by atoms with E-state index in [-0.39, 0.29) is 18.6 Å². The number of carbonyl (C=O) groups is 1. The number of hydrogen-bond acceptors (Lipinski definition) is 3. The van der Waals surface area contributed by atoms with E-state index in [1.807, 2.05) is 0 Å². The van der Waals surface area contributed by atoms with E-state index in [1.165, 1.54) is 0 Å². The average molecular weight is 199 g/mol. The predicted molar refractivity (Wildman–Crippen MR) is 52.8 cm³/mol. The molecule has 1 saturated heterocycles. The zero-order chi connectivity index (χ0) is 10.4.